The van der Waals surface area contributed by atoms with Crippen LogP contribution in [-0.4, -0.2) is 23.3 Å². The lowest BCUT2D eigenvalue weighted by molar-refractivity contribution is 0.0355. The molecule has 4 heteroatoms. The summed E-state index contributed by atoms with van der Waals surface area (Å²) in [6.45, 7) is 0.655. The third-order valence-corrected chi connectivity index (χ3v) is 4.02. The summed E-state index contributed by atoms with van der Waals surface area (Å²) in [4.78, 5) is 10.5. The number of nitrogens with one attached hydrogen (secondary N) is 1. The Balaban J connectivity index is 1.42. The van der Waals surface area contributed by atoms with Crippen LogP contribution in [0.1, 0.15) is 18.4 Å². The van der Waals surface area contributed by atoms with Gasteiger partial charge in [-0.15, -0.1) is 0 Å². The first-order valence-electron chi connectivity index (χ1n) is 6.39. The van der Waals surface area contributed by atoms with E-state index < -0.39 is 6.09 Å². The van der Waals surface area contributed by atoms with E-state index in [1.165, 1.54) is 5.56 Å². The highest BCUT2D eigenvalue weighted by Gasteiger charge is 2.57. The molecule has 3 rings (SSSR count). The molecule has 2 N–H and O–H groups in total. The monoisotopic (exact) mass is 247 g/mol. The van der Waals surface area contributed by atoms with Gasteiger partial charge < -0.3 is 15.2 Å². The maximum atomic E-state index is 10.5. The van der Waals surface area contributed by atoms with Crippen LogP contribution >= 0.6 is 0 Å². The van der Waals surface area contributed by atoms with E-state index >= 15 is 0 Å². The summed E-state index contributed by atoms with van der Waals surface area (Å²) < 4.78 is 5.87. The highest BCUT2D eigenvalue weighted by Crippen LogP contribution is 2.52. The summed E-state index contributed by atoms with van der Waals surface area (Å²) in [5, 5.41) is 11.2. The van der Waals surface area contributed by atoms with Crippen molar-refractivity contribution in [3.8, 4) is 0 Å². The quantitative estimate of drug-likeness (QED) is 0.858. The lowest BCUT2D eigenvalue weighted by Crippen LogP contribution is -2.28. The van der Waals surface area contributed by atoms with Crippen LogP contribution in [0.25, 0.3) is 0 Å². The largest absolute Gasteiger partial charge is 0.465 e. The van der Waals surface area contributed by atoms with Crippen molar-refractivity contribution < 1.29 is 14.6 Å². The second-order valence-corrected chi connectivity index (χ2v) is 5.19. The molecule has 4 atom stereocenters. The van der Waals surface area contributed by atoms with E-state index in [1.54, 1.807) is 0 Å². The highest BCUT2D eigenvalue weighted by molar-refractivity contribution is 5.65. The van der Waals surface area contributed by atoms with Gasteiger partial charge in [-0.25, -0.2) is 4.79 Å². The number of hydrogen-bond donors (Lipinski definition) is 2. The van der Waals surface area contributed by atoms with E-state index in [0.29, 0.717) is 24.5 Å². The maximum Gasteiger partial charge on any atom is 0.404 e. The van der Waals surface area contributed by atoms with Crippen molar-refractivity contribution in [1.82, 2.24) is 5.32 Å². The third kappa shape index (κ3) is 2.34. The Morgan fingerprint density at radius 1 is 1.28 bits per heavy atom. The molecule has 0 aliphatic heterocycles. The van der Waals surface area contributed by atoms with E-state index in [9.17, 15) is 4.79 Å². The molecule has 2 fully saturated rings. The van der Waals surface area contributed by atoms with Crippen LogP contribution in [0, 0.1) is 11.8 Å². The van der Waals surface area contributed by atoms with Gasteiger partial charge in [0.15, 0.2) is 0 Å². The van der Waals surface area contributed by atoms with E-state index in [2.05, 4.69) is 17.4 Å². The van der Waals surface area contributed by atoms with Gasteiger partial charge in [-0.2, -0.15) is 0 Å². The second-order valence-electron chi connectivity index (χ2n) is 5.19. The van der Waals surface area contributed by atoms with E-state index in [-0.39, 0.29) is 6.04 Å². The standard InChI is InChI=1S/C14H17NO3/c16-14(17)15-13-11-6-10(7-12(11)13)18-8-9-4-2-1-3-5-9/h1-5,10-13,15H,6-8H2,(H,16,17)/t10?,11-,12+,13?. The highest BCUT2D eigenvalue weighted by atomic mass is 16.5. The van der Waals surface area contributed by atoms with Crippen LogP contribution in [0.5, 0.6) is 0 Å². The molecule has 0 radical (unpaired) electrons. The van der Waals surface area contributed by atoms with Gasteiger partial charge in [0, 0.05) is 6.04 Å². The molecule has 1 aromatic rings. The molecule has 0 heterocycles. The molecule has 2 aliphatic carbocycles. The summed E-state index contributed by atoms with van der Waals surface area (Å²) >= 11 is 0. The number of benzene rings is 1. The zero-order chi connectivity index (χ0) is 12.5. The fourth-order valence-electron chi connectivity index (χ4n) is 3.07. The van der Waals surface area contributed by atoms with Crippen molar-refractivity contribution in [2.75, 3.05) is 0 Å². The number of fused-ring (bicyclic) bond motifs is 1. The molecule has 0 spiro atoms. The van der Waals surface area contributed by atoms with E-state index in [1.807, 2.05) is 18.2 Å². The van der Waals surface area contributed by atoms with Gasteiger partial charge in [-0.1, -0.05) is 30.3 Å². The van der Waals surface area contributed by atoms with Crippen molar-refractivity contribution in [2.24, 2.45) is 11.8 Å². The fraction of sp³-hybridized carbons (Fsp3) is 0.500. The van der Waals surface area contributed by atoms with E-state index in [0.717, 1.165) is 12.8 Å². The van der Waals surface area contributed by atoms with Gasteiger partial charge in [0.05, 0.1) is 12.7 Å². The Labute approximate surface area is 106 Å². The minimum absolute atomic E-state index is 0.180. The molecule has 4 nitrogen and oxygen atoms in total. The molecule has 1 aromatic carbocycles. The molecule has 96 valence electrons. The molecular weight excluding hydrogens is 230 g/mol. The normalized spacial score (nSPS) is 32.9. The molecule has 0 bridgehead atoms. The summed E-state index contributed by atoms with van der Waals surface area (Å²) in [5.41, 5.74) is 1.19. The number of carbonyl (C=O) groups is 1. The fourth-order valence-corrected chi connectivity index (χ4v) is 3.07. The van der Waals surface area contributed by atoms with E-state index in [4.69, 9.17) is 9.84 Å². The maximum absolute atomic E-state index is 10.5. The van der Waals surface area contributed by atoms with Gasteiger partial charge in [0.25, 0.3) is 0 Å². The summed E-state index contributed by atoms with van der Waals surface area (Å²) in [7, 11) is 0. The van der Waals surface area contributed by atoms with Crippen molar-refractivity contribution in [1.29, 1.82) is 0 Å². The number of hydrogen-bond acceptors (Lipinski definition) is 2. The zero-order valence-electron chi connectivity index (χ0n) is 10.1. The number of rotatable bonds is 4. The van der Waals surface area contributed by atoms with Gasteiger partial charge in [0.1, 0.15) is 0 Å². The van der Waals surface area contributed by atoms with Crippen LogP contribution in [0.15, 0.2) is 30.3 Å². The average molecular weight is 247 g/mol. The first kappa shape index (κ1) is 11.5. The first-order valence-corrected chi connectivity index (χ1v) is 6.39. The molecule has 2 unspecified atom stereocenters. The van der Waals surface area contributed by atoms with Crippen molar-refractivity contribution in [3.05, 3.63) is 35.9 Å². The predicted molar refractivity (Wildman–Crippen MR) is 66.2 cm³/mol. The van der Waals surface area contributed by atoms with Crippen LogP contribution < -0.4 is 5.32 Å². The van der Waals surface area contributed by atoms with Crippen LogP contribution in [-0.2, 0) is 11.3 Å². The lowest BCUT2D eigenvalue weighted by atomic mass is 10.1. The first-order chi connectivity index (χ1) is 8.74. The Bertz CT molecular complexity index is 422. The Hall–Kier alpha value is -1.55. The van der Waals surface area contributed by atoms with Crippen molar-refractivity contribution in [2.45, 2.75) is 31.6 Å². The lowest BCUT2D eigenvalue weighted by Gasteiger charge is -2.15. The van der Waals surface area contributed by atoms with Gasteiger partial charge >= 0.3 is 6.09 Å². The van der Waals surface area contributed by atoms with Gasteiger partial charge in [0.2, 0.25) is 0 Å². The SMILES string of the molecule is O=C(O)NC1[C@H]2CC(OCc3ccccc3)C[C@@H]12. The van der Waals surface area contributed by atoms with Crippen molar-refractivity contribution in [3.63, 3.8) is 0 Å². The third-order valence-electron chi connectivity index (χ3n) is 4.02. The predicted octanol–water partition coefficient (Wildman–Crippen LogP) is 2.25. The number of carboxylic acid groups (broad SMARTS) is 1. The Kier molecular flexibility index (Phi) is 2.96. The number of ether oxygens (including phenoxy) is 1. The summed E-state index contributed by atoms with van der Waals surface area (Å²) in [5.74, 6) is 1.00. The molecule has 2 aliphatic rings. The molecule has 0 saturated heterocycles. The van der Waals surface area contributed by atoms with Crippen LogP contribution in [0.4, 0.5) is 4.79 Å². The number of amides is 1. The van der Waals surface area contributed by atoms with Gasteiger partial charge in [-0.05, 0) is 30.2 Å². The minimum Gasteiger partial charge on any atom is -0.465 e. The second kappa shape index (κ2) is 4.61. The zero-order valence-corrected chi connectivity index (χ0v) is 10.1. The molecular formula is C14H17NO3. The molecule has 18 heavy (non-hydrogen) atoms. The smallest absolute Gasteiger partial charge is 0.404 e. The van der Waals surface area contributed by atoms with Crippen LogP contribution in [0.3, 0.4) is 0 Å². The molecule has 2 saturated carbocycles. The summed E-state index contributed by atoms with van der Waals surface area (Å²) in [6.07, 6.45) is 1.37. The van der Waals surface area contributed by atoms with Gasteiger partial charge in [-0.3, -0.25) is 0 Å². The van der Waals surface area contributed by atoms with Crippen molar-refractivity contribution >= 4 is 6.09 Å². The Morgan fingerprint density at radius 2 is 1.94 bits per heavy atom. The Morgan fingerprint density at radius 3 is 2.56 bits per heavy atom. The van der Waals surface area contributed by atoms with Crippen LogP contribution in [0.2, 0.25) is 0 Å². The topological polar surface area (TPSA) is 58.6 Å². The molecule has 1 amide bonds. The average Bonchev–Trinajstić information content (AvgIpc) is 2.83. The minimum atomic E-state index is -0.906. The summed E-state index contributed by atoms with van der Waals surface area (Å²) in [6, 6.07) is 10.3. The molecule has 0 aromatic heterocycles.